The van der Waals surface area contributed by atoms with E-state index in [1.54, 1.807) is 7.11 Å². The number of ether oxygens (including phenoxy) is 1. The highest BCUT2D eigenvalue weighted by atomic mass is 79.9. The van der Waals surface area contributed by atoms with Crippen LogP contribution < -0.4 is 4.74 Å². The van der Waals surface area contributed by atoms with Crippen LogP contribution in [-0.2, 0) is 12.8 Å². The van der Waals surface area contributed by atoms with Crippen molar-refractivity contribution in [1.82, 2.24) is 0 Å². The van der Waals surface area contributed by atoms with Crippen LogP contribution >= 0.6 is 15.9 Å². The van der Waals surface area contributed by atoms with Gasteiger partial charge in [0.25, 0.3) is 0 Å². The van der Waals surface area contributed by atoms with Crippen LogP contribution in [0.15, 0.2) is 48.5 Å². The van der Waals surface area contributed by atoms with E-state index in [1.807, 2.05) is 12.1 Å². The molecule has 1 nitrogen and oxygen atoms in total. The molecule has 0 saturated carbocycles. The number of benzene rings is 2. The molecule has 0 aliphatic heterocycles. The van der Waals surface area contributed by atoms with Gasteiger partial charge in [-0.05, 0) is 41.7 Å². The highest BCUT2D eigenvalue weighted by Crippen LogP contribution is 2.28. The van der Waals surface area contributed by atoms with E-state index in [0.29, 0.717) is 4.83 Å². The molecule has 2 aromatic rings. The number of aryl methyl sites for hydroxylation is 1. The standard InChI is InChI=1S/C18H21BrO/c1-3-4-14-5-9-16(10-6-14)18(19)13-15-7-11-17(20-2)12-8-15/h5-12,18H,3-4,13H2,1-2H3. The lowest BCUT2D eigenvalue weighted by atomic mass is 10.0. The van der Waals surface area contributed by atoms with Crippen molar-refractivity contribution in [1.29, 1.82) is 0 Å². The molecule has 0 bridgehead atoms. The molecule has 0 fully saturated rings. The third-order valence-corrected chi connectivity index (χ3v) is 4.31. The lowest BCUT2D eigenvalue weighted by Crippen LogP contribution is -1.96. The molecule has 0 aliphatic carbocycles. The van der Waals surface area contributed by atoms with E-state index in [2.05, 4.69) is 59.3 Å². The summed E-state index contributed by atoms with van der Waals surface area (Å²) in [7, 11) is 1.69. The number of rotatable bonds is 6. The number of hydrogen-bond donors (Lipinski definition) is 0. The topological polar surface area (TPSA) is 9.23 Å². The van der Waals surface area contributed by atoms with Crippen LogP contribution in [-0.4, -0.2) is 7.11 Å². The second-order valence-corrected chi connectivity index (χ2v) is 6.12. The number of halogens is 1. The lowest BCUT2D eigenvalue weighted by molar-refractivity contribution is 0.414. The molecule has 0 aliphatic rings. The van der Waals surface area contributed by atoms with Gasteiger partial charge in [0.15, 0.2) is 0 Å². The van der Waals surface area contributed by atoms with Crippen LogP contribution in [0, 0.1) is 0 Å². The van der Waals surface area contributed by atoms with Gasteiger partial charge in [0.05, 0.1) is 7.11 Å². The van der Waals surface area contributed by atoms with Gasteiger partial charge in [-0.1, -0.05) is 65.7 Å². The SMILES string of the molecule is CCCc1ccc(C(Br)Cc2ccc(OC)cc2)cc1. The predicted octanol–water partition coefficient (Wildman–Crippen LogP) is 5.33. The fourth-order valence-electron chi connectivity index (χ4n) is 2.27. The Hall–Kier alpha value is -1.28. The molecular weight excluding hydrogens is 312 g/mol. The van der Waals surface area contributed by atoms with Crippen molar-refractivity contribution in [3.63, 3.8) is 0 Å². The van der Waals surface area contributed by atoms with Gasteiger partial charge in [0.2, 0.25) is 0 Å². The number of alkyl halides is 1. The minimum absolute atomic E-state index is 0.353. The van der Waals surface area contributed by atoms with Crippen LogP contribution in [0.1, 0.15) is 34.9 Å². The minimum Gasteiger partial charge on any atom is -0.497 e. The predicted molar refractivity (Wildman–Crippen MR) is 88.8 cm³/mol. The molecule has 1 atom stereocenters. The minimum atomic E-state index is 0.353. The summed E-state index contributed by atoms with van der Waals surface area (Å²) in [4.78, 5) is 0.353. The van der Waals surface area contributed by atoms with Gasteiger partial charge in [-0.25, -0.2) is 0 Å². The first kappa shape index (κ1) is 15.1. The van der Waals surface area contributed by atoms with Crippen molar-refractivity contribution in [2.24, 2.45) is 0 Å². The third kappa shape index (κ3) is 4.11. The summed E-state index contributed by atoms with van der Waals surface area (Å²) in [5.74, 6) is 0.906. The van der Waals surface area contributed by atoms with Gasteiger partial charge in [-0.2, -0.15) is 0 Å². The molecule has 0 radical (unpaired) electrons. The Morgan fingerprint density at radius 3 is 2.10 bits per heavy atom. The van der Waals surface area contributed by atoms with Gasteiger partial charge in [-0.15, -0.1) is 0 Å². The zero-order valence-electron chi connectivity index (χ0n) is 12.1. The Labute approximate surface area is 130 Å². The van der Waals surface area contributed by atoms with Gasteiger partial charge >= 0.3 is 0 Å². The zero-order chi connectivity index (χ0) is 14.4. The van der Waals surface area contributed by atoms with Crippen LogP contribution in [0.5, 0.6) is 5.75 Å². The Morgan fingerprint density at radius 1 is 0.950 bits per heavy atom. The summed E-state index contributed by atoms with van der Waals surface area (Å²) in [6.07, 6.45) is 3.34. The van der Waals surface area contributed by atoms with Crippen molar-refractivity contribution in [3.8, 4) is 5.75 Å². The molecule has 0 saturated heterocycles. The molecule has 0 aromatic heterocycles. The Bertz CT molecular complexity index is 516. The van der Waals surface area contributed by atoms with E-state index >= 15 is 0 Å². The zero-order valence-corrected chi connectivity index (χ0v) is 13.7. The maximum absolute atomic E-state index is 5.18. The van der Waals surface area contributed by atoms with Gasteiger partial charge in [0, 0.05) is 4.83 Å². The summed E-state index contributed by atoms with van der Waals surface area (Å²) in [5.41, 5.74) is 4.06. The normalized spacial score (nSPS) is 12.2. The molecule has 106 valence electrons. The molecule has 0 heterocycles. The second-order valence-electron chi connectivity index (χ2n) is 5.01. The number of hydrogen-bond acceptors (Lipinski definition) is 1. The van der Waals surface area contributed by atoms with Crippen LogP contribution in [0.3, 0.4) is 0 Å². The fourth-order valence-corrected chi connectivity index (χ4v) is 2.95. The maximum atomic E-state index is 5.18. The highest BCUT2D eigenvalue weighted by Gasteiger charge is 2.08. The summed E-state index contributed by atoms with van der Waals surface area (Å²) in [6.45, 7) is 2.21. The number of methoxy groups -OCH3 is 1. The van der Waals surface area contributed by atoms with Gasteiger partial charge in [0.1, 0.15) is 5.75 Å². The monoisotopic (exact) mass is 332 g/mol. The highest BCUT2D eigenvalue weighted by molar-refractivity contribution is 9.09. The van der Waals surface area contributed by atoms with E-state index in [9.17, 15) is 0 Å². The van der Waals surface area contributed by atoms with Crippen molar-refractivity contribution >= 4 is 15.9 Å². The molecule has 2 rings (SSSR count). The van der Waals surface area contributed by atoms with E-state index in [4.69, 9.17) is 4.74 Å². The van der Waals surface area contributed by atoms with Crippen LogP contribution in [0.25, 0.3) is 0 Å². The van der Waals surface area contributed by atoms with Gasteiger partial charge < -0.3 is 4.74 Å². The molecule has 20 heavy (non-hydrogen) atoms. The fraction of sp³-hybridized carbons (Fsp3) is 0.333. The van der Waals surface area contributed by atoms with E-state index in [-0.39, 0.29) is 0 Å². The Balaban J connectivity index is 2.01. The van der Waals surface area contributed by atoms with Crippen LogP contribution in [0.2, 0.25) is 0 Å². The Kier molecular flexibility index (Phi) is 5.66. The van der Waals surface area contributed by atoms with E-state index < -0.39 is 0 Å². The lowest BCUT2D eigenvalue weighted by Gasteiger charge is -2.11. The quantitative estimate of drug-likeness (QED) is 0.650. The first-order valence-electron chi connectivity index (χ1n) is 7.08. The Morgan fingerprint density at radius 2 is 1.55 bits per heavy atom. The molecule has 1 unspecified atom stereocenters. The van der Waals surface area contributed by atoms with Crippen molar-refractivity contribution in [3.05, 3.63) is 65.2 Å². The third-order valence-electron chi connectivity index (χ3n) is 3.45. The van der Waals surface area contributed by atoms with Crippen molar-refractivity contribution in [2.45, 2.75) is 31.0 Å². The molecule has 0 spiro atoms. The van der Waals surface area contributed by atoms with Gasteiger partial charge in [-0.3, -0.25) is 0 Å². The maximum Gasteiger partial charge on any atom is 0.118 e. The summed E-state index contributed by atoms with van der Waals surface area (Å²) in [6, 6.07) is 17.2. The molecule has 2 heteroatoms. The summed E-state index contributed by atoms with van der Waals surface area (Å²) in [5, 5.41) is 0. The van der Waals surface area contributed by atoms with Crippen LogP contribution in [0.4, 0.5) is 0 Å². The van der Waals surface area contributed by atoms with Crippen molar-refractivity contribution in [2.75, 3.05) is 7.11 Å². The molecule has 0 N–H and O–H groups in total. The van der Waals surface area contributed by atoms with E-state index in [1.165, 1.54) is 23.1 Å². The molecule has 0 amide bonds. The molecule has 2 aromatic carbocycles. The summed E-state index contributed by atoms with van der Waals surface area (Å²) < 4.78 is 5.18. The molecular formula is C18H21BrO. The van der Waals surface area contributed by atoms with E-state index in [0.717, 1.165) is 18.6 Å². The first-order valence-corrected chi connectivity index (χ1v) is 8.00. The smallest absolute Gasteiger partial charge is 0.118 e. The largest absolute Gasteiger partial charge is 0.497 e. The average Bonchev–Trinajstić information content (AvgIpc) is 2.49. The first-order chi connectivity index (χ1) is 9.72. The van der Waals surface area contributed by atoms with Crippen molar-refractivity contribution < 1.29 is 4.74 Å². The second kappa shape index (κ2) is 7.49. The average molecular weight is 333 g/mol. The summed E-state index contributed by atoms with van der Waals surface area (Å²) >= 11 is 3.79.